The lowest BCUT2D eigenvalue weighted by Gasteiger charge is -2.46. The molecule has 2 aliphatic heterocycles. The highest BCUT2D eigenvalue weighted by Gasteiger charge is 2.65. The average Bonchev–Trinajstić information content (AvgIpc) is 3.39. The molecule has 2 heterocycles. The summed E-state index contributed by atoms with van der Waals surface area (Å²) in [5.41, 5.74) is -0.443. The van der Waals surface area contributed by atoms with Crippen LogP contribution in [0.5, 0.6) is 0 Å². The molecule has 0 saturated carbocycles. The Hall–Kier alpha value is -4.30. The van der Waals surface area contributed by atoms with E-state index >= 15 is 0 Å². The Morgan fingerprint density at radius 1 is 0.614 bits per heavy atom. The van der Waals surface area contributed by atoms with E-state index in [4.69, 9.17) is 18.9 Å². The van der Waals surface area contributed by atoms with Crippen LogP contribution in [0, 0.1) is 5.92 Å². The van der Waals surface area contributed by atoms with Gasteiger partial charge in [-0.25, -0.2) is 0 Å². The Balaban J connectivity index is 1.73. The molecular weight excluding hydrogens is 556 g/mol. The summed E-state index contributed by atoms with van der Waals surface area (Å²) in [5.74, 6) is -3.34. The molecule has 3 atom stereocenters. The van der Waals surface area contributed by atoms with Crippen molar-refractivity contribution >= 4 is 11.9 Å². The van der Waals surface area contributed by atoms with Gasteiger partial charge < -0.3 is 24.1 Å². The van der Waals surface area contributed by atoms with Crippen molar-refractivity contribution < 1.29 is 33.6 Å². The first kappa shape index (κ1) is 29.8. The quantitative estimate of drug-likeness (QED) is 0.289. The fraction of sp³-hybridized carbons (Fsp3) is 0.297. The molecule has 0 radical (unpaired) electrons. The number of fused-ring (bicyclic) bond motifs is 1. The van der Waals surface area contributed by atoms with Gasteiger partial charge in [0.25, 0.3) is 0 Å². The van der Waals surface area contributed by atoms with Crippen LogP contribution in [0.1, 0.15) is 48.9 Å². The molecule has 0 bridgehead atoms. The van der Waals surface area contributed by atoms with Crippen LogP contribution in [-0.2, 0) is 39.7 Å². The van der Waals surface area contributed by atoms with Crippen LogP contribution >= 0.6 is 0 Å². The summed E-state index contributed by atoms with van der Waals surface area (Å²) in [4.78, 5) is 27.9. The van der Waals surface area contributed by atoms with E-state index in [0.29, 0.717) is 22.3 Å². The Morgan fingerprint density at radius 2 is 0.977 bits per heavy atom. The molecule has 0 spiro atoms. The van der Waals surface area contributed by atoms with E-state index in [-0.39, 0.29) is 12.8 Å². The second kappa shape index (κ2) is 12.0. The highest BCUT2D eigenvalue weighted by atomic mass is 16.8. The molecule has 1 unspecified atom stereocenters. The second-order valence-corrected chi connectivity index (χ2v) is 11.7. The first-order valence-corrected chi connectivity index (χ1v) is 14.9. The Bertz CT molecular complexity index is 1490. The molecule has 7 nitrogen and oxygen atoms in total. The number of cyclic esters (lactones) is 2. The number of esters is 2. The van der Waals surface area contributed by atoms with E-state index < -0.39 is 53.7 Å². The normalized spacial score (nSPS) is 24.3. The molecular formula is C37H36O7. The van der Waals surface area contributed by atoms with Gasteiger partial charge in [0.2, 0.25) is 0 Å². The lowest BCUT2D eigenvalue weighted by atomic mass is 9.71. The van der Waals surface area contributed by atoms with Gasteiger partial charge in [-0.2, -0.15) is 0 Å². The van der Waals surface area contributed by atoms with Crippen LogP contribution in [0.25, 0.3) is 0 Å². The molecule has 0 aromatic heterocycles. The molecule has 0 aliphatic carbocycles. The van der Waals surface area contributed by atoms with Crippen LogP contribution in [0.4, 0.5) is 0 Å². The highest BCUT2D eigenvalue weighted by Crippen LogP contribution is 2.53. The number of ether oxygens (including phenoxy) is 4. The van der Waals surface area contributed by atoms with Gasteiger partial charge in [-0.1, -0.05) is 121 Å². The van der Waals surface area contributed by atoms with Crippen molar-refractivity contribution in [2.45, 2.75) is 55.9 Å². The number of benzene rings is 4. The fourth-order valence-corrected chi connectivity index (χ4v) is 6.49. The predicted molar refractivity (Wildman–Crippen MR) is 163 cm³/mol. The molecule has 4 aromatic carbocycles. The number of rotatable bonds is 5. The van der Waals surface area contributed by atoms with Gasteiger partial charge in [0.1, 0.15) is 12.2 Å². The number of carbonyl (C=O) groups is 2. The largest absolute Gasteiger partial charge is 0.446 e. The maximum absolute atomic E-state index is 14.1. The van der Waals surface area contributed by atoms with Gasteiger partial charge in [-0.05, 0) is 20.3 Å². The smallest absolute Gasteiger partial charge is 0.312 e. The van der Waals surface area contributed by atoms with Crippen molar-refractivity contribution in [1.29, 1.82) is 0 Å². The zero-order chi connectivity index (χ0) is 30.8. The van der Waals surface area contributed by atoms with Crippen molar-refractivity contribution in [2.24, 2.45) is 5.92 Å². The van der Waals surface area contributed by atoms with Gasteiger partial charge in [0, 0.05) is 28.7 Å². The Labute approximate surface area is 257 Å². The molecule has 1 N–H and O–H groups in total. The van der Waals surface area contributed by atoms with Crippen LogP contribution in [0.15, 0.2) is 121 Å². The molecule has 7 heteroatoms. The van der Waals surface area contributed by atoms with Crippen LogP contribution < -0.4 is 0 Å². The average molecular weight is 593 g/mol. The monoisotopic (exact) mass is 592 g/mol. The maximum atomic E-state index is 14.1. The topological polar surface area (TPSA) is 91.3 Å². The van der Waals surface area contributed by atoms with E-state index in [9.17, 15) is 14.7 Å². The minimum atomic E-state index is -1.57. The SMILES string of the molecule is CC1(C)O[C@@H]2[C@@H](O1)C(c1ccccc1)(c1ccccc1)OC(=O)C(CO)CCC(=O)OC2(c1ccccc1)c1ccccc1. The molecule has 0 amide bonds. The summed E-state index contributed by atoms with van der Waals surface area (Å²) in [6.07, 6.45) is -2.12. The molecule has 6 rings (SSSR count). The molecule has 2 saturated heterocycles. The number of hydrogen-bond donors (Lipinski definition) is 1. The molecule has 226 valence electrons. The molecule has 44 heavy (non-hydrogen) atoms. The maximum Gasteiger partial charge on any atom is 0.312 e. The first-order valence-electron chi connectivity index (χ1n) is 14.9. The third-order valence-electron chi connectivity index (χ3n) is 8.50. The molecule has 2 aliphatic rings. The van der Waals surface area contributed by atoms with E-state index in [1.165, 1.54) is 0 Å². The van der Waals surface area contributed by atoms with Crippen LogP contribution in [-0.4, -0.2) is 41.6 Å². The van der Waals surface area contributed by atoms with Crippen molar-refractivity contribution in [3.63, 3.8) is 0 Å². The van der Waals surface area contributed by atoms with E-state index in [1.807, 2.05) is 121 Å². The summed E-state index contributed by atoms with van der Waals surface area (Å²) in [5, 5.41) is 10.3. The zero-order valence-electron chi connectivity index (χ0n) is 24.8. The van der Waals surface area contributed by atoms with E-state index in [2.05, 4.69) is 0 Å². The summed E-state index contributed by atoms with van der Waals surface area (Å²) >= 11 is 0. The van der Waals surface area contributed by atoms with Gasteiger partial charge in [-0.3, -0.25) is 9.59 Å². The van der Waals surface area contributed by atoms with Crippen molar-refractivity contribution in [1.82, 2.24) is 0 Å². The van der Waals surface area contributed by atoms with Crippen molar-refractivity contribution in [2.75, 3.05) is 6.61 Å². The van der Waals surface area contributed by atoms with Crippen molar-refractivity contribution in [3.05, 3.63) is 144 Å². The zero-order valence-corrected chi connectivity index (χ0v) is 24.8. The highest BCUT2D eigenvalue weighted by molar-refractivity contribution is 5.76. The molecule has 2 fully saturated rings. The first-order chi connectivity index (χ1) is 21.3. The summed E-state index contributed by atoms with van der Waals surface area (Å²) in [6.45, 7) is 3.10. The van der Waals surface area contributed by atoms with E-state index in [0.717, 1.165) is 0 Å². The lowest BCUT2D eigenvalue weighted by molar-refractivity contribution is -0.192. The number of hydrogen-bond acceptors (Lipinski definition) is 7. The van der Waals surface area contributed by atoms with Gasteiger partial charge in [0.15, 0.2) is 17.0 Å². The van der Waals surface area contributed by atoms with Crippen LogP contribution in [0.3, 0.4) is 0 Å². The van der Waals surface area contributed by atoms with Gasteiger partial charge >= 0.3 is 11.9 Å². The lowest BCUT2D eigenvalue weighted by Crippen LogP contribution is -2.57. The number of aliphatic hydroxyl groups excluding tert-OH is 1. The van der Waals surface area contributed by atoms with Crippen molar-refractivity contribution in [3.8, 4) is 0 Å². The molecule has 4 aromatic rings. The minimum absolute atomic E-state index is 0.0377. The number of aliphatic hydroxyl groups is 1. The third-order valence-corrected chi connectivity index (χ3v) is 8.50. The van der Waals surface area contributed by atoms with Gasteiger partial charge in [-0.15, -0.1) is 0 Å². The Morgan fingerprint density at radius 3 is 1.34 bits per heavy atom. The number of carbonyl (C=O) groups excluding carboxylic acids is 2. The summed E-state index contributed by atoms with van der Waals surface area (Å²) < 4.78 is 27.0. The van der Waals surface area contributed by atoms with Gasteiger partial charge in [0.05, 0.1) is 12.5 Å². The standard InChI is InChI=1S/C37H36O7/c1-35(2)42-32-33(43-35)37(29-19-11-5-12-20-29,30-21-13-6-14-22-30)44-34(40)26(25-38)23-24-31(39)41-36(32,27-15-7-3-8-16-27)28-17-9-4-10-18-28/h3-22,26,32-33,38H,23-25H2,1-2H3/t26?,32-,33-/m1/s1. The second-order valence-electron chi connectivity index (χ2n) is 11.7. The third kappa shape index (κ3) is 5.21. The minimum Gasteiger partial charge on any atom is -0.446 e. The fourth-order valence-electron chi connectivity index (χ4n) is 6.49. The summed E-state index contributed by atoms with van der Waals surface area (Å²) in [7, 11) is 0. The Kier molecular flexibility index (Phi) is 8.12. The van der Waals surface area contributed by atoms with Crippen LogP contribution in [0.2, 0.25) is 0 Å². The van der Waals surface area contributed by atoms with E-state index in [1.54, 1.807) is 13.8 Å². The summed E-state index contributed by atoms with van der Waals surface area (Å²) in [6, 6.07) is 37.8. The predicted octanol–water partition coefficient (Wildman–Crippen LogP) is 5.88.